The van der Waals surface area contributed by atoms with E-state index in [0.717, 1.165) is 30.1 Å². The van der Waals surface area contributed by atoms with Crippen LogP contribution in [0.1, 0.15) is 50.7 Å². The monoisotopic (exact) mass is 388 g/mol. The molecule has 4 rings (SSSR count). The quantitative estimate of drug-likeness (QED) is 0.418. The number of unbranched alkanes of at least 4 members (excludes halogenated alkanes) is 1. The molecule has 2 atom stereocenters. The van der Waals surface area contributed by atoms with Crippen LogP contribution in [0, 0.1) is 11.7 Å². The number of ether oxygens (including phenoxy) is 1. The van der Waals surface area contributed by atoms with Gasteiger partial charge in [-0.25, -0.2) is 4.39 Å². The molecule has 0 radical (unpaired) electrons. The van der Waals surface area contributed by atoms with E-state index in [-0.39, 0.29) is 11.9 Å². The highest BCUT2D eigenvalue weighted by Crippen LogP contribution is 2.34. The average molecular weight is 389 g/mol. The van der Waals surface area contributed by atoms with Crippen LogP contribution in [0.5, 0.6) is 0 Å². The third-order valence-electron chi connectivity index (χ3n) is 6.01. The summed E-state index contributed by atoms with van der Waals surface area (Å²) in [5.41, 5.74) is 5.80. The summed E-state index contributed by atoms with van der Waals surface area (Å²) in [4.78, 5) is 0. The van der Waals surface area contributed by atoms with Gasteiger partial charge in [0.15, 0.2) is 0 Å². The lowest BCUT2D eigenvalue weighted by atomic mass is 9.90. The van der Waals surface area contributed by atoms with E-state index in [4.69, 9.17) is 4.74 Å². The second kappa shape index (κ2) is 9.37. The first kappa shape index (κ1) is 19.8. The molecule has 0 N–H and O–H groups in total. The second-order valence-electron chi connectivity index (χ2n) is 8.11. The number of halogens is 1. The van der Waals surface area contributed by atoms with Crippen LogP contribution in [0.25, 0.3) is 22.3 Å². The number of rotatable bonds is 6. The molecule has 1 saturated heterocycles. The first-order valence-electron chi connectivity index (χ1n) is 10.8. The van der Waals surface area contributed by atoms with Gasteiger partial charge in [-0.2, -0.15) is 0 Å². The van der Waals surface area contributed by atoms with Crippen molar-refractivity contribution >= 4 is 0 Å². The summed E-state index contributed by atoms with van der Waals surface area (Å²) < 4.78 is 19.3. The summed E-state index contributed by atoms with van der Waals surface area (Å²) in [5.74, 6) is 0.536. The van der Waals surface area contributed by atoms with Crippen molar-refractivity contribution in [3.63, 3.8) is 0 Å². The Morgan fingerprint density at radius 1 is 0.759 bits per heavy atom. The Morgan fingerprint density at radius 3 is 1.76 bits per heavy atom. The molecule has 2 heteroatoms. The molecule has 3 aromatic carbocycles. The Balaban J connectivity index is 1.40. The van der Waals surface area contributed by atoms with E-state index < -0.39 is 0 Å². The van der Waals surface area contributed by atoms with Crippen LogP contribution in [0.3, 0.4) is 0 Å². The topological polar surface area (TPSA) is 9.23 Å². The SMILES string of the molecule is CCCCC1CCC(c2ccc(-c3ccc(-c4ccc(F)cc4)cc3)cc2)OC1. The van der Waals surface area contributed by atoms with Crippen molar-refractivity contribution < 1.29 is 9.13 Å². The van der Waals surface area contributed by atoms with Gasteiger partial charge in [-0.15, -0.1) is 0 Å². The summed E-state index contributed by atoms with van der Waals surface area (Å²) in [6.07, 6.45) is 6.52. The van der Waals surface area contributed by atoms with Gasteiger partial charge in [0.05, 0.1) is 12.7 Å². The highest BCUT2D eigenvalue weighted by atomic mass is 19.1. The van der Waals surface area contributed by atoms with Crippen molar-refractivity contribution in [1.82, 2.24) is 0 Å². The molecule has 1 aliphatic heterocycles. The lowest BCUT2D eigenvalue weighted by Crippen LogP contribution is -2.20. The molecule has 2 unspecified atom stereocenters. The number of hydrogen-bond donors (Lipinski definition) is 0. The van der Waals surface area contributed by atoms with Crippen molar-refractivity contribution in [2.24, 2.45) is 5.92 Å². The molecule has 1 fully saturated rings. The molecule has 0 amide bonds. The zero-order chi connectivity index (χ0) is 20.1. The van der Waals surface area contributed by atoms with Crippen LogP contribution in [-0.2, 0) is 4.74 Å². The van der Waals surface area contributed by atoms with E-state index in [0.29, 0.717) is 0 Å². The minimum Gasteiger partial charge on any atom is -0.373 e. The van der Waals surface area contributed by atoms with Gasteiger partial charge in [-0.05, 0) is 65.1 Å². The Bertz CT molecular complexity index is 889. The minimum absolute atomic E-state index is 0.205. The van der Waals surface area contributed by atoms with Gasteiger partial charge in [0.25, 0.3) is 0 Å². The fourth-order valence-electron chi connectivity index (χ4n) is 4.18. The first-order chi connectivity index (χ1) is 14.2. The highest BCUT2D eigenvalue weighted by Gasteiger charge is 2.22. The van der Waals surface area contributed by atoms with Gasteiger partial charge in [0.2, 0.25) is 0 Å². The Kier molecular flexibility index (Phi) is 6.41. The Labute approximate surface area is 173 Å². The molecule has 0 spiro atoms. The maximum absolute atomic E-state index is 13.1. The van der Waals surface area contributed by atoms with Crippen LogP contribution in [0.15, 0.2) is 72.8 Å². The lowest BCUT2D eigenvalue weighted by Gasteiger charge is -2.29. The maximum atomic E-state index is 13.1. The van der Waals surface area contributed by atoms with Crippen molar-refractivity contribution in [1.29, 1.82) is 0 Å². The molecule has 150 valence electrons. The van der Waals surface area contributed by atoms with Crippen LogP contribution < -0.4 is 0 Å². The largest absolute Gasteiger partial charge is 0.373 e. The Morgan fingerprint density at radius 2 is 1.28 bits per heavy atom. The first-order valence-corrected chi connectivity index (χ1v) is 10.8. The third kappa shape index (κ3) is 4.94. The molecule has 0 saturated carbocycles. The molecule has 1 nitrogen and oxygen atoms in total. The summed E-state index contributed by atoms with van der Waals surface area (Å²) in [6.45, 7) is 3.15. The smallest absolute Gasteiger partial charge is 0.123 e. The number of hydrogen-bond acceptors (Lipinski definition) is 1. The van der Waals surface area contributed by atoms with Gasteiger partial charge in [0.1, 0.15) is 5.82 Å². The fourth-order valence-corrected chi connectivity index (χ4v) is 4.18. The molecule has 0 aromatic heterocycles. The van der Waals surface area contributed by atoms with Crippen LogP contribution in [0.4, 0.5) is 4.39 Å². The van der Waals surface area contributed by atoms with E-state index in [1.165, 1.54) is 54.5 Å². The molecule has 3 aromatic rings. The van der Waals surface area contributed by atoms with E-state index in [2.05, 4.69) is 55.5 Å². The second-order valence-corrected chi connectivity index (χ2v) is 8.11. The third-order valence-corrected chi connectivity index (χ3v) is 6.01. The summed E-state index contributed by atoms with van der Waals surface area (Å²) in [5, 5.41) is 0. The molecule has 0 aliphatic carbocycles. The minimum atomic E-state index is -0.205. The normalized spacial score (nSPS) is 19.2. The summed E-state index contributed by atoms with van der Waals surface area (Å²) in [7, 11) is 0. The van der Waals surface area contributed by atoms with Crippen molar-refractivity contribution in [2.75, 3.05) is 6.61 Å². The van der Waals surface area contributed by atoms with E-state index >= 15 is 0 Å². The van der Waals surface area contributed by atoms with Gasteiger partial charge in [-0.3, -0.25) is 0 Å². The van der Waals surface area contributed by atoms with Crippen LogP contribution in [0.2, 0.25) is 0 Å². The van der Waals surface area contributed by atoms with Crippen LogP contribution >= 0.6 is 0 Å². The van der Waals surface area contributed by atoms with Crippen molar-refractivity contribution in [3.05, 3.63) is 84.2 Å². The van der Waals surface area contributed by atoms with E-state index in [1.54, 1.807) is 0 Å². The van der Waals surface area contributed by atoms with Gasteiger partial charge >= 0.3 is 0 Å². The average Bonchev–Trinajstić information content (AvgIpc) is 2.79. The highest BCUT2D eigenvalue weighted by molar-refractivity contribution is 5.70. The van der Waals surface area contributed by atoms with Gasteiger partial charge < -0.3 is 4.74 Å². The lowest BCUT2D eigenvalue weighted by molar-refractivity contribution is -0.0197. The zero-order valence-electron chi connectivity index (χ0n) is 17.1. The van der Waals surface area contributed by atoms with E-state index in [1.807, 2.05) is 12.1 Å². The fraction of sp³-hybridized carbons (Fsp3) is 0.333. The van der Waals surface area contributed by atoms with Crippen molar-refractivity contribution in [2.45, 2.75) is 45.1 Å². The molecule has 0 bridgehead atoms. The van der Waals surface area contributed by atoms with Crippen molar-refractivity contribution in [3.8, 4) is 22.3 Å². The predicted molar refractivity (Wildman–Crippen MR) is 118 cm³/mol. The standard InChI is InChI=1S/C27H29FO/c1-2-3-4-20-5-18-27(29-19-20)25-12-10-23(11-13-25)21-6-8-22(9-7-21)24-14-16-26(28)17-15-24/h6-17,20,27H,2-5,18-19H2,1H3. The van der Waals surface area contributed by atoms with E-state index in [9.17, 15) is 4.39 Å². The Hall–Kier alpha value is -2.45. The molecular weight excluding hydrogens is 359 g/mol. The molecular formula is C27H29FO. The molecule has 1 aliphatic rings. The number of benzene rings is 3. The maximum Gasteiger partial charge on any atom is 0.123 e. The summed E-state index contributed by atoms with van der Waals surface area (Å²) in [6, 6.07) is 23.9. The molecule has 29 heavy (non-hydrogen) atoms. The molecule has 1 heterocycles. The zero-order valence-corrected chi connectivity index (χ0v) is 17.1. The predicted octanol–water partition coefficient (Wildman–Crippen LogP) is 7.82. The van der Waals surface area contributed by atoms with Gasteiger partial charge in [0, 0.05) is 0 Å². The summed E-state index contributed by atoms with van der Waals surface area (Å²) >= 11 is 0. The van der Waals surface area contributed by atoms with Crippen LogP contribution in [-0.4, -0.2) is 6.61 Å². The van der Waals surface area contributed by atoms with Gasteiger partial charge in [-0.1, -0.05) is 80.4 Å².